The number of ether oxygens (including phenoxy) is 1. The highest BCUT2D eigenvalue weighted by Gasteiger charge is 2.11. The first kappa shape index (κ1) is 10.2. The summed E-state index contributed by atoms with van der Waals surface area (Å²) in [6, 6.07) is 4.48. The Kier molecular flexibility index (Phi) is 3.23. The molecule has 2 N–H and O–H groups in total. The lowest BCUT2D eigenvalue weighted by atomic mass is 10.1. The third kappa shape index (κ3) is 2.10. The summed E-state index contributed by atoms with van der Waals surface area (Å²) in [5, 5.41) is 0. The van der Waals surface area contributed by atoms with E-state index in [-0.39, 0.29) is 17.7 Å². The first-order valence-electron chi connectivity index (χ1n) is 4.21. The van der Waals surface area contributed by atoms with E-state index >= 15 is 0 Å². The Hall–Kier alpha value is -1.84. The molecule has 0 aliphatic carbocycles. The maximum atomic E-state index is 11.3. The Bertz CT molecular complexity index is 360. The van der Waals surface area contributed by atoms with Gasteiger partial charge in [0.1, 0.15) is 0 Å². The van der Waals surface area contributed by atoms with Gasteiger partial charge in [-0.2, -0.15) is 0 Å². The fourth-order valence-corrected chi connectivity index (χ4v) is 1.07. The van der Waals surface area contributed by atoms with Gasteiger partial charge < -0.3 is 10.5 Å². The van der Waals surface area contributed by atoms with Crippen LogP contribution in [0.15, 0.2) is 18.2 Å². The van der Waals surface area contributed by atoms with Gasteiger partial charge in [-0.1, -0.05) is 0 Å². The topological polar surface area (TPSA) is 69.4 Å². The fraction of sp³-hybridized carbons (Fsp3) is 0.200. The lowest BCUT2D eigenvalue weighted by molar-refractivity contribution is 0.0524. The number of hydrogen-bond acceptors (Lipinski definition) is 4. The average molecular weight is 193 g/mol. The van der Waals surface area contributed by atoms with Crippen LogP contribution in [0.5, 0.6) is 0 Å². The van der Waals surface area contributed by atoms with Gasteiger partial charge in [0.15, 0.2) is 6.29 Å². The van der Waals surface area contributed by atoms with Crippen molar-refractivity contribution in [2.45, 2.75) is 6.92 Å². The van der Waals surface area contributed by atoms with Crippen LogP contribution in [0.1, 0.15) is 27.6 Å². The molecule has 1 rings (SSSR count). The SMILES string of the molecule is CCOC(=O)c1ccc(N)cc1C=O. The van der Waals surface area contributed by atoms with E-state index in [0.29, 0.717) is 12.0 Å². The van der Waals surface area contributed by atoms with Crippen molar-refractivity contribution in [3.05, 3.63) is 29.3 Å². The largest absolute Gasteiger partial charge is 0.462 e. The van der Waals surface area contributed by atoms with Gasteiger partial charge in [0, 0.05) is 11.3 Å². The van der Waals surface area contributed by atoms with Crippen LogP contribution in [-0.4, -0.2) is 18.9 Å². The molecule has 0 bridgehead atoms. The van der Waals surface area contributed by atoms with E-state index in [9.17, 15) is 9.59 Å². The minimum Gasteiger partial charge on any atom is -0.462 e. The number of aldehydes is 1. The number of nitrogen functional groups attached to an aromatic ring is 1. The van der Waals surface area contributed by atoms with Gasteiger partial charge in [-0.25, -0.2) is 4.79 Å². The van der Waals surface area contributed by atoms with Crippen LogP contribution in [0.2, 0.25) is 0 Å². The Morgan fingerprint density at radius 1 is 1.57 bits per heavy atom. The molecule has 0 aliphatic rings. The number of hydrogen-bond donors (Lipinski definition) is 1. The second kappa shape index (κ2) is 4.41. The normalized spacial score (nSPS) is 9.50. The quantitative estimate of drug-likeness (QED) is 0.445. The molecular weight excluding hydrogens is 182 g/mol. The molecule has 1 aromatic carbocycles. The summed E-state index contributed by atoms with van der Waals surface area (Å²) in [7, 11) is 0. The van der Waals surface area contributed by atoms with E-state index in [1.165, 1.54) is 12.1 Å². The molecule has 0 fully saturated rings. The van der Waals surface area contributed by atoms with Gasteiger partial charge in [0.2, 0.25) is 0 Å². The van der Waals surface area contributed by atoms with E-state index in [1.807, 2.05) is 0 Å². The van der Waals surface area contributed by atoms with Gasteiger partial charge in [0.25, 0.3) is 0 Å². The zero-order chi connectivity index (χ0) is 10.6. The van der Waals surface area contributed by atoms with Gasteiger partial charge in [-0.3, -0.25) is 4.79 Å². The van der Waals surface area contributed by atoms with Crippen LogP contribution in [0.25, 0.3) is 0 Å². The van der Waals surface area contributed by atoms with E-state index in [1.54, 1.807) is 13.0 Å². The highest BCUT2D eigenvalue weighted by atomic mass is 16.5. The van der Waals surface area contributed by atoms with Gasteiger partial charge >= 0.3 is 5.97 Å². The van der Waals surface area contributed by atoms with Crippen LogP contribution in [0, 0.1) is 0 Å². The minimum absolute atomic E-state index is 0.246. The first-order valence-corrected chi connectivity index (χ1v) is 4.21. The zero-order valence-electron chi connectivity index (χ0n) is 7.82. The third-order valence-corrected chi connectivity index (χ3v) is 1.70. The number of benzene rings is 1. The number of esters is 1. The van der Waals surface area contributed by atoms with E-state index in [2.05, 4.69) is 0 Å². The van der Waals surface area contributed by atoms with Crippen molar-refractivity contribution in [3.63, 3.8) is 0 Å². The molecule has 74 valence electrons. The summed E-state index contributed by atoms with van der Waals surface area (Å²) in [6.07, 6.45) is 0.586. The molecule has 0 heterocycles. The molecule has 4 heteroatoms. The van der Waals surface area contributed by atoms with Crippen LogP contribution in [-0.2, 0) is 4.74 Å². The maximum Gasteiger partial charge on any atom is 0.338 e. The van der Waals surface area contributed by atoms with Gasteiger partial charge in [-0.15, -0.1) is 0 Å². The molecule has 0 spiro atoms. The monoisotopic (exact) mass is 193 g/mol. The van der Waals surface area contributed by atoms with Crippen LogP contribution in [0.3, 0.4) is 0 Å². The summed E-state index contributed by atoms with van der Waals surface area (Å²) in [5.74, 6) is -0.505. The van der Waals surface area contributed by atoms with E-state index in [0.717, 1.165) is 0 Å². The summed E-state index contributed by atoms with van der Waals surface area (Å²) < 4.78 is 4.77. The van der Waals surface area contributed by atoms with Gasteiger partial charge in [-0.05, 0) is 25.1 Å². The summed E-state index contributed by atoms with van der Waals surface area (Å²) in [5.41, 5.74) is 6.41. The van der Waals surface area contributed by atoms with Crippen molar-refractivity contribution in [1.82, 2.24) is 0 Å². The Labute approximate surface area is 81.7 Å². The Balaban J connectivity index is 3.07. The summed E-state index contributed by atoms with van der Waals surface area (Å²) in [6.45, 7) is 1.98. The third-order valence-electron chi connectivity index (χ3n) is 1.70. The molecule has 0 amide bonds. The second-order valence-electron chi connectivity index (χ2n) is 2.69. The number of rotatable bonds is 3. The standard InChI is InChI=1S/C10H11NO3/c1-2-14-10(13)9-4-3-8(11)5-7(9)6-12/h3-6H,2,11H2,1H3. The lowest BCUT2D eigenvalue weighted by Crippen LogP contribution is -2.08. The van der Waals surface area contributed by atoms with Crippen molar-refractivity contribution in [2.75, 3.05) is 12.3 Å². The predicted octanol–water partition coefficient (Wildman–Crippen LogP) is 1.26. The van der Waals surface area contributed by atoms with Crippen molar-refractivity contribution in [1.29, 1.82) is 0 Å². The molecule has 0 unspecified atom stereocenters. The smallest absolute Gasteiger partial charge is 0.338 e. The molecule has 0 saturated heterocycles. The molecule has 4 nitrogen and oxygen atoms in total. The zero-order valence-corrected chi connectivity index (χ0v) is 7.82. The van der Waals surface area contributed by atoms with Crippen LogP contribution in [0.4, 0.5) is 5.69 Å². The fourth-order valence-electron chi connectivity index (χ4n) is 1.07. The van der Waals surface area contributed by atoms with Crippen LogP contribution < -0.4 is 5.73 Å². The highest BCUT2D eigenvalue weighted by Crippen LogP contribution is 2.12. The van der Waals surface area contributed by atoms with Crippen molar-refractivity contribution in [3.8, 4) is 0 Å². The molecule has 14 heavy (non-hydrogen) atoms. The Morgan fingerprint density at radius 2 is 2.29 bits per heavy atom. The number of anilines is 1. The van der Waals surface area contributed by atoms with Gasteiger partial charge in [0.05, 0.1) is 12.2 Å². The molecule has 0 atom stereocenters. The Morgan fingerprint density at radius 3 is 2.86 bits per heavy atom. The first-order chi connectivity index (χ1) is 6.69. The van der Waals surface area contributed by atoms with E-state index in [4.69, 9.17) is 10.5 Å². The molecule has 0 aromatic heterocycles. The molecular formula is C10H11NO3. The predicted molar refractivity (Wildman–Crippen MR) is 52.2 cm³/mol. The highest BCUT2D eigenvalue weighted by molar-refractivity contribution is 5.98. The minimum atomic E-state index is -0.505. The van der Waals surface area contributed by atoms with E-state index < -0.39 is 5.97 Å². The molecule has 0 radical (unpaired) electrons. The summed E-state index contributed by atoms with van der Waals surface area (Å²) in [4.78, 5) is 21.9. The maximum absolute atomic E-state index is 11.3. The lowest BCUT2D eigenvalue weighted by Gasteiger charge is -2.04. The van der Waals surface area contributed by atoms with Crippen molar-refractivity contribution >= 4 is 17.9 Å². The summed E-state index contributed by atoms with van der Waals surface area (Å²) >= 11 is 0. The number of nitrogens with two attached hydrogens (primary N) is 1. The second-order valence-corrected chi connectivity index (χ2v) is 2.69. The molecule has 0 aliphatic heterocycles. The molecule has 1 aromatic rings. The van der Waals surface area contributed by atoms with Crippen LogP contribution >= 0.6 is 0 Å². The molecule has 0 saturated carbocycles. The number of carbonyl (C=O) groups excluding carboxylic acids is 2. The number of carbonyl (C=O) groups is 2. The average Bonchev–Trinajstić information content (AvgIpc) is 2.17. The van der Waals surface area contributed by atoms with Crippen molar-refractivity contribution in [2.24, 2.45) is 0 Å². The van der Waals surface area contributed by atoms with Crippen molar-refractivity contribution < 1.29 is 14.3 Å².